The predicted molar refractivity (Wildman–Crippen MR) is 79.8 cm³/mol. The summed E-state index contributed by atoms with van der Waals surface area (Å²) in [5, 5.41) is 3.38. The molecule has 0 saturated carbocycles. The first-order chi connectivity index (χ1) is 9.15. The van der Waals surface area contributed by atoms with Crippen molar-refractivity contribution in [1.82, 2.24) is 5.32 Å². The molecular weight excluding hydrogens is 234 g/mol. The zero-order valence-corrected chi connectivity index (χ0v) is 12.0. The Morgan fingerprint density at radius 3 is 2.32 bits per heavy atom. The molecule has 19 heavy (non-hydrogen) atoms. The summed E-state index contributed by atoms with van der Waals surface area (Å²) in [6.07, 6.45) is 0. The van der Waals surface area contributed by atoms with Gasteiger partial charge in [0.05, 0.1) is 13.2 Å². The molecule has 0 spiro atoms. The average molecular weight is 255 g/mol. The highest BCUT2D eigenvalue weighted by Crippen LogP contribution is 2.26. The minimum atomic E-state index is 0.189. The van der Waals surface area contributed by atoms with Gasteiger partial charge in [-0.1, -0.05) is 30.3 Å². The van der Waals surface area contributed by atoms with Gasteiger partial charge >= 0.3 is 0 Å². The van der Waals surface area contributed by atoms with E-state index in [0.29, 0.717) is 0 Å². The SMILES string of the molecule is CNC(c1cccc(OC)c1)c1ccc(C)c(C)c1. The minimum Gasteiger partial charge on any atom is -0.497 e. The van der Waals surface area contributed by atoms with Crippen LogP contribution in [0.3, 0.4) is 0 Å². The summed E-state index contributed by atoms with van der Waals surface area (Å²) in [6, 6.07) is 15.0. The summed E-state index contributed by atoms with van der Waals surface area (Å²) in [5.41, 5.74) is 5.13. The molecule has 2 rings (SSSR count). The smallest absolute Gasteiger partial charge is 0.119 e. The maximum atomic E-state index is 5.30. The lowest BCUT2D eigenvalue weighted by molar-refractivity contribution is 0.414. The van der Waals surface area contributed by atoms with Crippen LogP contribution in [-0.2, 0) is 0 Å². The van der Waals surface area contributed by atoms with Crippen LogP contribution in [0.5, 0.6) is 5.75 Å². The molecule has 100 valence electrons. The van der Waals surface area contributed by atoms with Crippen LogP contribution in [0.2, 0.25) is 0 Å². The first kappa shape index (κ1) is 13.6. The third-order valence-electron chi connectivity index (χ3n) is 3.58. The molecule has 0 amide bonds. The molecular formula is C17H21NO. The highest BCUT2D eigenvalue weighted by molar-refractivity contribution is 5.39. The molecule has 2 nitrogen and oxygen atoms in total. The largest absolute Gasteiger partial charge is 0.497 e. The molecule has 1 N–H and O–H groups in total. The highest BCUT2D eigenvalue weighted by atomic mass is 16.5. The summed E-state index contributed by atoms with van der Waals surface area (Å²) in [4.78, 5) is 0. The Kier molecular flexibility index (Phi) is 4.23. The van der Waals surface area contributed by atoms with Gasteiger partial charge in [-0.3, -0.25) is 0 Å². The van der Waals surface area contributed by atoms with Crippen molar-refractivity contribution in [2.45, 2.75) is 19.9 Å². The molecule has 1 unspecified atom stereocenters. The maximum Gasteiger partial charge on any atom is 0.119 e. The van der Waals surface area contributed by atoms with Crippen molar-refractivity contribution in [2.75, 3.05) is 14.2 Å². The molecule has 0 aromatic heterocycles. The van der Waals surface area contributed by atoms with Crippen molar-refractivity contribution < 1.29 is 4.74 Å². The number of hydrogen-bond donors (Lipinski definition) is 1. The van der Waals surface area contributed by atoms with E-state index in [0.717, 1.165) is 5.75 Å². The number of benzene rings is 2. The van der Waals surface area contributed by atoms with Crippen LogP contribution in [0.25, 0.3) is 0 Å². The van der Waals surface area contributed by atoms with Gasteiger partial charge in [0.25, 0.3) is 0 Å². The van der Waals surface area contributed by atoms with Crippen LogP contribution < -0.4 is 10.1 Å². The van der Waals surface area contributed by atoms with E-state index in [-0.39, 0.29) is 6.04 Å². The Hall–Kier alpha value is -1.80. The maximum absolute atomic E-state index is 5.30. The zero-order valence-electron chi connectivity index (χ0n) is 12.0. The van der Waals surface area contributed by atoms with E-state index in [1.807, 2.05) is 19.2 Å². The first-order valence-corrected chi connectivity index (χ1v) is 6.54. The lowest BCUT2D eigenvalue weighted by Crippen LogP contribution is -2.17. The average Bonchev–Trinajstić information content (AvgIpc) is 2.44. The van der Waals surface area contributed by atoms with Crippen molar-refractivity contribution in [3.8, 4) is 5.75 Å². The van der Waals surface area contributed by atoms with Crippen LogP contribution in [0.1, 0.15) is 28.3 Å². The number of hydrogen-bond acceptors (Lipinski definition) is 2. The third kappa shape index (κ3) is 2.96. The summed E-state index contributed by atoms with van der Waals surface area (Å²) in [7, 11) is 3.68. The van der Waals surface area contributed by atoms with Crippen molar-refractivity contribution in [2.24, 2.45) is 0 Å². The van der Waals surface area contributed by atoms with Gasteiger partial charge in [0.2, 0.25) is 0 Å². The van der Waals surface area contributed by atoms with Crippen LogP contribution in [0, 0.1) is 13.8 Å². The van der Waals surface area contributed by atoms with E-state index >= 15 is 0 Å². The van der Waals surface area contributed by atoms with Crippen molar-refractivity contribution in [3.63, 3.8) is 0 Å². The Bertz CT molecular complexity index is 563. The lowest BCUT2D eigenvalue weighted by atomic mass is 9.95. The van der Waals surface area contributed by atoms with Gasteiger partial charge in [-0.05, 0) is 55.3 Å². The Morgan fingerprint density at radius 2 is 1.68 bits per heavy atom. The first-order valence-electron chi connectivity index (χ1n) is 6.54. The standard InChI is InChI=1S/C17H21NO/c1-12-8-9-15(10-13(12)2)17(18-3)14-6-5-7-16(11-14)19-4/h5-11,17-18H,1-4H3. The molecule has 0 saturated heterocycles. The van der Waals surface area contributed by atoms with E-state index in [1.54, 1.807) is 7.11 Å². The Morgan fingerprint density at radius 1 is 0.947 bits per heavy atom. The van der Waals surface area contributed by atoms with E-state index in [9.17, 15) is 0 Å². The van der Waals surface area contributed by atoms with Crippen molar-refractivity contribution in [1.29, 1.82) is 0 Å². The van der Waals surface area contributed by atoms with E-state index in [4.69, 9.17) is 4.74 Å². The van der Waals surface area contributed by atoms with Crippen LogP contribution in [0.15, 0.2) is 42.5 Å². The van der Waals surface area contributed by atoms with Crippen LogP contribution in [-0.4, -0.2) is 14.2 Å². The molecule has 2 aromatic carbocycles. The van der Waals surface area contributed by atoms with Crippen molar-refractivity contribution in [3.05, 3.63) is 64.7 Å². The van der Waals surface area contributed by atoms with Gasteiger partial charge in [-0.2, -0.15) is 0 Å². The Balaban J connectivity index is 2.40. The molecule has 0 fully saturated rings. The molecule has 0 aliphatic rings. The number of rotatable bonds is 4. The third-order valence-corrected chi connectivity index (χ3v) is 3.58. The van der Waals surface area contributed by atoms with Crippen molar-refractivity contribution >= 4 is 0 Å². The van der Waals surface area contributed by atoms with E-state index < -0.39 is 0 Å². The normalized spacial score (nSPS) is 12.2. The second kappa shape index (κ2) is 5.89. The topological polar surface area (TPSA) is 21.3 Å². The fourth-order valence-electron chi connectivity index (χ4n) is 2.29. The predicted octanol–water partition coefficient (Wildman–Crippen LogP) is 3.62. The second-order valence-electron chi connectivity index (χ2n) is 4.84. The molecule has 0 heterocycles. The summed E-state index contributed by atoms with van der Waals surface area (Å²) in [6.45, 7) is 4.29. The van der Waals surface area contributed by atoms with Gasteiger partial charge in [-0.25, -0.2) is 0 Å². The fraction of sp³-hybridized carbons (Fsp3) is 0.294. The van der Waals surface area contributed by atoms with Gasteiger partial charge in [-0.15, -0.1) is 0 Å². The Labute approximate surface area is 115 Å². The number of ether oxygens (including phenoxy) is 1. The molecule has 2 heteroatoms. The van der Waals surface area contributed by atoms with Crippen LogP contribution in [0.4, 0.5) is 0 Å². The zero-order chi connectivity index (χ0) is 13.8. The van der Waals surface area contributed by atoms with Gasteiger partial charge in [0.1, 0.15) is 5.75 Å². The van der Waals surface area contributed by atoms with Crippen LogP contribution >= 0.6 is 0 Å². The lowest BCUT2D eigenvalue weighted by Gasteiger charge is -2.19. The van der Waals surface area contributed by atoms with E-state index in [2.05, 4.69) is 49.5 Å². The molecule has 0 aliphatic heterocycles. The summed E-state index contributed by atoms with van der Waals surface area (Å²) in [5.74, 6) is 0.890. The van der Waals surface area contributed by atoms with Gasteiger partial charge in [0.15, 0.2) is 0 Å². The molecule has 0 radical (unpaired) electrons. The van der Waals surface area contributed by atoms with Gasteiger partial charge < -0.3 is 10.1 Å². The highest BCUT2D eigenvalue weighted by Gasteiger charge is 2.13. The number of aryl methyl sites for hydroxylation is 2. The molecule has 0 aliphatic carbocycles. The minimum absolute atomic E-state index is 0.189. The molecule has 2 aromatic rings. The molecule has 1 atom stereocenters. The monoisotopic (exact) mass is 255 g/mol. The van der Waals surface area contributed by atoms with E-state index in [1.165, 1.54) is 22.3 Å². The fourth-order valence-corrected chi connectivity index (χ4v) is 2.29. The van der Waals surface area contributed by atoms with Gasteiger partial charge in [0, 0.05) is 0 Å². The number of methoxy groups -OCH3 is 1. The number of nitrogens with one attached hydrogen (secondary N) is 1. The second-order valence-corrected chi connectivity index (χ2v) is 4.84. The quantitative estimate of drug-likeness (QED) is 0.901. The summed E-state index contributed by atoms with van der Waals surface area (Å²) >= 11 is 0. The summed E-state index contributed by atoms with van der Waals surface area (Å²) < 4.78 is 5.30. The molecule has 0 bridgehead atoms.